The van der Waals surface area contributed by atoms with Crippen LogP contribution in [-0.2, 0) is 10.2 Å². The van der Waals surface area contributed by atoms with Gasteiger partial charge in [-0.2, -0.15) is 8.42 Å². The Kier molecular flexibility index (Phi) is 5.28. The van der Waals surface area contributed by atoms with Crippen LogP contribution in [0.2, 0.25) is 0 Å². The van der Waals surface area contributed by atoms with Gasteiger partial charge in [0.15, 0.2) is 0 Å². The third kappa shape index (κ3) is 6.39. The van der Waals surface area contributed by atoms with Crippen molar-refractivity contribution in [3.8, 4) is 0 Å². The van der Waals surface area contributed by atoms with Crippen LogP contribution < -0.4 is 15.6 Å². The average Bonchev–Trinajstić information content (AvgIpc) is 2.32. The average molecular weight is 280 g/mol. The molecule has 0 bridgehead atoms. The Bertz CT molecular complexity index is 615. The molecule has 0 atom stereocenters. The summed E-state index contributed by atoms with van der Waals surface area (Å²) in [5.74, 6) is 0. The van der Waals surface area contributed by atoms with E-state index in [4.69, 9.17) is 10.9 Å². The van der Waals surface area contributed by atoms with E-state index in [0.29, 0.717) is 0 Å². The van der Waals surface area contributed by atoms with Gasteiger partial charge in [-0.1, -0.05) is 35.9 Å². The normalized spacial score (nSPS) is 10.2. The minimum absolute atomic E-state index is 0.181. The molecule has 1 heterocycles. The Balaban J connectivity index is 0.000000218. The van der Waals surface area contributed by atoms with E-state index in [1.54, 1.807) is 0 Å². The highest BCUT2D eigenvalue weighted by Gasteiger charge is 2.04. The summed E-state index contributed by atoms with van der Waals surface area (Å²) in [5.41, 5.74) is 7.18. The Labute approximate surface area is 112 Å². The number of rotatable bonds is 2. The second kappa shape index (κ2) is 6.72. The van der Waals surface area contributed by atoms with Crippen molar-refractivity contribution in [2.24, 2.45) is 5.14 Å². The van der Waals surface area contributed by atoms with Gasteiger partial charge in [-0.15, -0.1) is 0 Å². The molecule has 7 heteroatoms. The van der Waals surface area contributed by atoms with E-state index in [2.05, 4.69) is 24.0 Å². The van der Waals surface area contributed by atoms with Crippen LogP contribution in [0.15, 0.2) is 48.8 Å². The van der Waals surface area contributed by atoms with Crippen LogP contribution in [0.4, 0.5) is 11.4 Å². The quantitative estimate of drug-likeness (QED) is 0.769. The number of hydrogen-bond donors (Lipinski definition) is 3. The first-order chi connectivity index (χ1) is 8.88. The van der Waals surface area contributed by atoms with Gasteiger partial charge in [0.05, 0.1) is 17.6 Å². The highest BCUT2D eigenvalue weighted by Crippen LogP contribution is 2.15. The molecule has 6 nitrogen and oxygen atoms in total. The van der Waals surface area contributed by atoms with E-state index in [0.717, 1.165) is 0 Å². The van der Waals surface area contributed by atoms with Gasteiger partial charge >= 0.3 is 0 Å². The van der Waals surface area contributed by atoms with E-state index in [1.807, 2.05) is 22.9 Å². The lowest BCUT2D eigenvalue weighted by Gasteiger charge is -2.04. The molecule has 0 spiro atoms. The first-order valence-electron chi connectivity index (χ1n) is 5.40. The molecule has 102 valence electrons. The molecular formula is C12H16N4O2S. The highest BCUT2D eigenvalue weighted by atomic mass is 32.2. The Morgan fingerprint density at radius 1 is 1.16 bits per heavy atom. The molecule has 2 rings (SSSR count). The summed E-state index contributed by atoms with van der Waals surface area (Å²) in [4.78, 5) is 3.67. The largest absolute Gasteiger partial charge is 0.397 e. The van der Waals surface area contributed by atoms with Crippen LogP contribution in [0.1, 0.15) is 5.56 Å². The summed E-state index contributed by atoms with van der Waals surface area (Å²) in [6.07, 6.45) is 2.73. The Morgan fingerprint density at radius 2 is 1.79 bits per heavy atom. The molecule has 1 aromatic carbocycles. The Morgan fingerprint density at radius 3 is 2.21 bits per heavy atom. The molecule has 0 fully saturated rings. The predicted octanol–water partition coefficient (Wildman–Crippen LogP) is 1.27. The molecule has 2 aromatic rings. The molecule has 1 aromatic heterocycles. The number of anilines is 2. The maximum absolute atomic E-state index is 10.5. The number of hydrogen-bond acceptors (Lipinski definition) is 4. The first-order valence-corrected chi connectivity index (χ1v) is 6.95. The van der Waals surface area contributed by atoms with Crippen LogP contribution in [0.3, 0.4) is 0 Å². The number of nitrogens with zero attached hydrogens (tertiary/aromatic N) is 1. The van der Waals surface area contributed by atoms with Crippen molar-refractivity contribution in [1.82, 2.24) is 4.98 Å². The lowest BCUT2D eigenvalue weighted by atomic mass is 10.2. The molecule has 0 radical (unpaired) electrons. The molecule has 5 N–H and O–H groups in total. The monoisotopic (exact) mass is 280 g/mol. The first kappa shape index (κ1) is 14.9. The van der Waals surface area contributed by atoms with Crippen molar-refractivity contribution >= 4 is 21.6 Å². The zero-order valence-electron chi connectivity index (χ0n) is 10.4. The fourth-order valence-corrected chi connectivity index (χ4v) is 1.66. The summed E-state index contributed by atoms with van der Waals surface area (Å²) < 4.78 is 23.1. The van der Waals surface area contributed by atoms with Crippen LogP contribution in [0.25, 0.3) is 0 Å². The number of nitrogens with two attached hydrogens (primary N) is 2. The molecule has 0 aliphatic rings. The molecule has 0 unspecified atom stereocenters. The van der Waals surface area contributed by atoms with E-state index in [1.165, 1.54) is 24.0 Å². The van der Waals surface area contributed by atoms with Crippen LogP contribution in [-0.4, -0.2) is 13.4 Å². The lowest BCUT2D eigenvalue weighted by Crippen LogP contribution is -2.22. The van der Waals surface area contributed by atoms with Crippen molar-refractivity contribution in [1.29, 1.82) is 0 Å². The summed E-state index contributed by atoms with van der Waals surface area (Å²) in [7, 11) is -3.77. The van der Waals surface area contributed by atoms with Crippen molar-refractivity contribution in [2.75, 3.05) is 10.5 Å². The number of aromatic nitrogens is 1. The van der Waals surface area contributed by atoms with Gasteiger partial charge in [0.1, 0.15) is 0 Å². The van der Waals surface area contributed by atoms with Gasteiger partial charge in [-0.25, -0.2) is 5.14 Å². The minimum Gasteiger partial charge on any atom is -0.397 e. The van der Waals surface area contributed by atoms with Gasteiger partial charge < -0.3 is 5.73 Å². The van der Waals surface area contributed by atoms with Crippen molar-refractivity contribution in [3.05, 3.63) is 54.4 Å². The van der Waals surface area contributed by atoms with E-state index >= 15 is 0 Å². The zero-order valence-corrected chi connectivity index (χ0v) is 11.3. The molecule has 0 aliphatic heterocycles. The second-order valence-electron chi connectivity index (χ2n) is 3.76. The van der Waals surface area contributed by atoms with Gasteiger partial charge in [-0.3, -0.25) is 9.71 Å². The molecule has 0 saturated heterocycles. The standard InChI is InChI=1S/C7H8.C5H8N4O2S/c1-7-5-3-2-4-6-7;6-4-1-2-8-3-5(4)9-12(7,10)11/h2-6H,1H3;1-3,9H,(H2,6,8)(H2,7,10,11). The molecule has 0 saturated carbocycles. The van der Waals surface area contributed by atoms with Crippen molar-refractivity contribution in [2.45, 2.75) is 6.92 Å². The van der Waals surface area contributed by atoms with Gasteiger partial charge in [0.2, 0.25) is 0 Å². The topological polar surface area (TPSA) is 111 Å². The number of pyridine rings is 1. The van der Waals surface area contributed by atoms with Crippen LogP contribution >= 0.6 is 0 Å². The number of benzene rings is 1. The zero-order chi connectivity index (χ0) is 14.3. The van der Waals surface area contributed by atoms with Gasteiger partial charge in [0, 0.05) is 6.20 Å². The molecule has 19 heavy (non-hydrogen) atoms. The SMILES string of the molecule is Cc1ccccc1.Nc1ccncc1NS(N)(=O)=O. The summed E-state index contributed by atoms with van der Waals surface area (Å²) in [5, 5.41) is 4.71. The van der Waals surface area contributed by atoms with Crippen molar-refractivity contribution < 1.29 is 8.42 Å². The third-order valence-corrected chi connectivity index (χ3v) is 2.55. The van der Waals surface area contributed by atoms with Crippen LogP contribution in [0, 0.1) is 6.92 Å². The van der Waals surface area contributed by atoms with E-state index in [-0.39, 0.29) is 11.4 Å². The van der Waals surface area contributed by atoms with Crippen molar-refractivity contribution in [3.63, 3.8) is 0 Å². The number of aryl methyl sites for hydroxylation is 1. The molecular weight excluding hydrogens is 264 g/mol. The minimum atomic E-state index is -3.77. The highest BCUT2D eigenvalue weighted by molar-refractivity contribution is 7.90. The fourth-order valence-electron chi connectivity index (χ4n) is 1.18. The number of nitrogen functional groups attached to an aromatic ring is 1. The maximum atomic E-state index is 10.5. The van der Waals surface area contributed by atoms with E-state index in [9.17, 15) is 8.42 Å². The summed E-state index contributed by atoms with van der Waals surface area (Å²) in [6, 6.07) is 11.7. The van der Waals surface area contributed by atoms with Gasteiger partial charge in [0.25, 0.3) is 10.2 Å². The second-order valence-corrected chi connectivity index (χ2v) is 5.06. The lowest BCUT2D eigenvalue weighted by molar-refractivity contribution is 0.603. The maximum Gasteiger partial charge on any atom is 0.296 e. The summed E-state index contributed by atoms with van der Waals surface area (Å²) in [6.45, 7) is 2.08. The fraction of sp³-hybridized carbons (Fsp3) is 0.0833. The Hall–Kier alpha value is -2.12. The smallest absolute Gasteiger partial charge is 0.296 e. The molecule has 0 amide bonds. The third-order valence-electron chi connectivity index (χ3n) is 2.05. The summed E-state index contributed by atoms with van der Waals surface area (Å²) >= 11 is 0. The molecule has 0 aliphatic carbocycles. The number of nitrogens with one attached hydrogen (secondary N) is 1. The van der Waals surface area contributed by atoms with Gasteiger partial charge in [-0.05, 0) is 13.0 Å². The van der Waals surface area contributed by atoms with Crippen LogP contribution in [0.5, 0.6) is 0 Å². The van der Waals surface area contributed by atoms with E-state index < -0.39 is 10.2 Å². The predicted molar refractivity (Wildman–Crippen MR) is 76.6 cm³/mol.